The van der Waals surface area contributed by atoms with Crippen molar-refractivity contribution in [3.63, 3.8) is 0 Å². The average Bonchev–Trinajstić information content (AvgIpc) is 1.91. The number of hydrogen-bond acceptors (Lipinski definition) is 4. The molecule has 15 aromatic rings. The van der Waals surface area contributed by atoms with Crippen LogP contribution in [-0.2, 0) is 5.41 Å². The molecule has 0 fully saturated rings. The maximum atomic E-state index is 6.71. The van der Waals surface area contributed by atoms with Crippen molar-refractivity contribution in [2.75, 3.05) is 9.80 Å². The largest absolute Gasteiger partial charge is 0.456 e. The number of anilines is 6. The van der Waals surface area contributed by atoms with E-state index in [2.05, 4.69) is 301 Å². The van der Waals surface area contributed by atoms with E-state index in [0.717, 1.165) is 111 Å². The van der Waals surface area contributed by atoms with Gasteiger partial charge in [-0.05, 0) is 157 Å². The van der Waals surface area contributed by atoms with Crippen molar-refractivity contribution in [2.24, 2.45) is 0 Å². The Hall–Kier alpha value is -10.9. The number of hydrogen-bond donors (Lipinski definition) is 0. The van der Waals surface area contributed by atoms with Gasteiger partial charge in [-0.3, -0.25) is 0 Å². The minimum atomic E-state index is -0.523. The van der Waals surface area contributed by atoms with Gasteiger partial charge >= 0.3 is 0 Å². The van der Waals surface area contributed by atoms with Crippen LogP contribution in [0.25, 0.3) is 99.5 Å². The van der Waals surface area contributed by atoms with Crippen molar-refractivity contribution in [3.8, 4) is 55.6 Å². The maximum Gasteiger partial charge on any atom is 0.137 e. The van der Waals surface area contributed by atoms with Gasteiger partial charge in [-0.1, -0.05) is 224 Å². The van der Waals surface area contributed by atoms with Crippen LogP contribution in [0.4, 0.5) is 34.1 Å². The molecule has 0 saturated heterocycles. The van der Waals surface area contributed by atoms with Gasteiger partial charge in [-0.2, -0.15) is 0 Å². The van der Waals surface area contributed by atoms with Crippen molar-refractivity contribution in [1.29, 1.82) is 0 Å². The number of rotatable bonds is 9. The summed E-state index contributed by atoms with van der Waals surface area (Å²) in [4.78, 5) is 4.89. The van der Waals surface area contributed by atoms with Crippen LogP contribution in [0.5, 0.6) is 0 Å². The molecule has 83 heavy (non-hydrogen) atoms. The molecule has 0 bridgehead atoms. The Balaban J connectivity index is 0.981. The zero-order valence-corrected chi connectivity index (χ0v) is 45.1. The van der Waals surface area contributed by atoms with Gasteiger partial charge in [0.25, 0.3) is 0 Å². The minimum Gasteiger partial charge on any atom is -0.456 e. The van der Waals surface area contributed by atoms with E-state index in [1.807, 2.05) is 12.1 Å². The standard InChI is InChI=1S/C79H50N2O2/c1-3-20-51(21-4-1)53-40-44-56(45-41-53)80(70-34-18-38-74-77(70)64-27-10-15-36-72(64)82-74)58-48-55(60-29-17-33-69-76(60)63-26-9-14-32-68(63)79(69)66-30-12-7-24-61(66)62-25-8-13-31-67(62)79)49-59(50-58)81(57-46-42-54(43-47-57)52-22-5-2-6-23-52)71-35-19-39-75-78(71)65-28-11-16-37-73(65)83-75/h1-50H. The summed E-state index contributed by atoms with van der Waals surface area (Å²) in [7, 11) is 0. The number of benzene rings is 13. The first-order valence-electron chi connectivity index (χ1n) is 28.5. The van der Waals surface area contributed by atoms with Gasteiger partial charge in [-0.15, -0.1) is 0 Å². The molecule has 388 valence electrons. The first-order chi connectivity index (χ1) is 41.2. The van der Waals surface area contributed by atoms with E-state index < -0.39 is 5.41 Å². The highest BCUT2D eigenvalue weighted by Crippen LogP contribution is 2.64. The molecular weight excluding hydrogens is 1010 g/mol. The molecule has 0 atom stereocenters. The van der Waals surface area contributed by atoms with Gasteiger partial charge in [0.2, 0.25) is 0 Å². The molecule has 0 unspecified atom stereocenters. The molecule has 0 aliphatic heterocycles. The summed E-state index contributed by atoms with van der Waals surface area (Å²) >= 11 is 0. The van der Waals surface area contributed by atoms with E-state index >= 15 is 0 Å². The summed E-state index contributed by atoms with van der Waals surface area (Å²) in [5.74, 6) is 0. The number of fused-ring (bicyclic) bond motifs is 16. The molecule has 0 amide bonds. The van der Waals surface area contributed by atoms with E-state index in [4.69, 9.17) is 8.83 Å². The Labute approximate surface area is 480 Å². The summed E-state index contributed by atoms with van der Waals surface area (Å²) in [6.45, 7) is 0. The smallest absolute Gasteiger partial charge is 0.137 e. The van der Waals surface area contributed by atoms with Crippen molar-refractivity contribution >= 4 is 78.0 Å². The van der Waals surface area contributed by atoms with Crippen LogP contribution in [0, 0.1) is 0 Å². The normalized spacial score (nSPS) is 12.7. The maximum absolute atomic E-state index is 6.71. The van der Waals surface area contributed by atoms with Gasteiger partial charge in [0, 0.05) is 33.5 Å². The second-order valence-corrected chi connectivity index (χ2v) is 21.8. The lowest BCUT2D eigenvalue weighted by atomic mass is 9.70. The lowest BCUT2D eigenvalue weighted by Gasteiger charge is -2.31. The predicted octanol–water partition coefficient (Wildman–Crippen LogP) is 21.8. The molecule has 0 saturated carbocycles. The quantitative estimate of drug-likeness (QED) is 0.144. The highest BCUT2D eigenvalue weighted by molar-refractivity contribution is 6.15. The highest BCUT2D eigenvalue weighted by Gasteiger charge is 2.52. The molecule has 2 aliphatic rings. The van der Waals surface area contributed by atoms with Crippen LogP contribution >= 0.6 is 0 Å². The zero-order valence-electron chi connectivity index (χ0n) is 45.1. The Morgan fingerprint density at radius 1 is 0.241 bits per heavy atom. The minimum absolute atomic E-state index is 0.523. The summed E-state index contributed by atoms with van der Waals surface area (Å²) in [5.41, 5.74) is 25.9. The molecule has 0 N–H and O–H groups in total. The van der Waals surface area contributed by atoms with Gasteiger partial charge in [-0.25, -0.2) is 0 Å². The Morgan fingerprint density at radius 2 is 0.614 bits per heavy atom. The molecule has 2 heterocycles. The Morgan fingerprint density at radius 3 is 1.12 bits per heavy atom. The number of furan rings is 2. The molecular formula is C79H50N2O2. The predicted molar refractivity (Wildman–Crippen MR) is 343 cm³/mol. The molecule has 4 heteroatoms. The first-order valence-corrected chi connectivity index (χ1v) is 28.5. The number of para-hydroxylation sites is 2. The molecule has 17 rings (SSSR count). The van der Waals surface area contributed by atoms with Crippen molar-refractivity contribution in [3.05, 3.63) is 326 Å². The third kappa shape index (κ3) is 7.13. The molecule has 0 radical (unpaired) electrons. The van der Waals surface area contributed by atoms with Gasteiger partial charge < -0.3 is 18.6 Å². The molecule has 13 aromatic carbocycles. The van der Waals surface area contributed by atoms with Gasteiger partial charge in [0.05, 0.1) is 27.6 Å². The van der Waals surface area contributed by atoms with Gasteiger partial charge in [0.15, 0.2) is 0 Å². The lowest BCUT2D eigenvalue weighted by Crippen LogP contribution is -2.25. The van der Waals surface area contributed by atoms with Crippen LogP contribution in [0.1, 0.15) is 22.3 Å². The topological polar surface area (TPSA) is 32.8 Å². The second-order valence-electron chi connectivity index (χ2n) is 21.8. The van der Waals surface area contributed by atoms with Crippen LogP contribution < -0.4 is 9.80 Å². The zero-order chi connectivity index (χ0) is 54.6. The van der Waals surface area contributed by atoms with Crippen LogP contribution in [0.2, 0.25) is 0 Å². The summed E-state index contributed by atoms with van der Waals surface area (Å²) < 4.78 is 13.4. The number of nitrogens with zero attached hydrogens (tertiary/aromatic N) is 2. The second kappa shape index (κ2) is 18.6. The van der Waals surface area contributed by atoms with Crippen LogP contribution in [0.3, 0.4) is 0 Å². The van der Waals surface area contributed by atoms with E-state index in [0.29, 0.717) is 0 Å². The monoisotopic (exact) mass is 1060 g/mol. The highest BCUT2D eigenvalue weighted by atomic mass is 16.3. The molecule has 4 nitrogen and oxygen atoms in total. The average molecular weight is 1060 g/mol. The van der Waals surface area contributed by atoms with Crippen molar-refractivity contribution < 1.29 is 8.83 Å². The SMILES string of the molecule is c1ccc(-c2ccc(N(c3cc(-c4cccc5c4-c4ccccc4C54c5ccccc5-c5ccccc54)cc(N(c4ccc(-c5ccccc5)cc4)c4cccc5oc6ccccc6c45)c3)c3cccc4oc5ccccc5c34)cc2)cc1. The third-order valence-corrected chi connectivity index (χ3v) is 17.5. The van der Waals surface area contributed by atoms with Crippen molar-refractivity contribution in [1.82, 2.24) is 0 Å². The Bertz CT molecular complexity index is 4770. The van der Waals surface area contributed by atoms with E-state index in [9.17, 15) is 0 Å². The van der Waals surface area contributed by atoms with Gasteiger partial charge in [0.1, 0.15) is 22.3 Å². The summed E-state index contributed by atoms with van der Waals surface area (Å²) in [6, 6.07) is 111. The fourth-order valence-corrected chi connectivity index (χ4v) is 14.0. The first kappa shape index (κ1) is 46.9. The van der Waals surface area contributed by atoms with E-state index in [-0.39, 0.29) is 0 Å². The lowest BCUT2D eigenvalue weighted by molar-refractivity contribution is 0.668. The van der Waals surface area contributed by atoms with Crippen molar-refractivity contribution in [2.45, 2.75) is 5.41 Å². The van der Waals surface area contributed by atoms with Crippen LogP contribution in [0.15, 0.2) is 312 Å². The van der Waals surface area contributed by atoms with E-state index in [1.165, 1.54) is 44.5 Å². The Kier molecular flexibility index (Phi) is 10.5. The summed E-state index contributed by atoms with van der Waals surface area (Å²) in [6.07, 6.45) is 0. The summed E-state index contributed by atoms with van der Waals surface area (Å²) in [5, 5.41) is 4.19. The van der Waals surface area contributed by atoms with E-state index in [1.54, 1.807) is 0 Å². The molecule has 2 aliphatic carbocycles. The molecule has 2 aromatic heterocycles. The third-order valence-electron chi connectivity index (χ3n) is 17.5. The fourth-order valence-electron chi connectivity index (χ4n) is 14.0. The molecule has 1 spiro atoms. The fraction of sp³-hybridized carbons (Fsp3) is 0.0127. The van der Waals surface area contributed by atoms with Crippen LogP contribution in [-0.4, -0.2) is 0 Å².